The number of hydrogen-bond donors (Lipinski definition) is 2. The predicted molar refractivity (Wildman–Crippen MR) is 112 cm³/mol. The molecule has 1 aliphatic rings. The van der Waals surface area contributed by atoms with Gasteiger partial charge in [-0.3, -0.25) is 4.79 Å². The van der Waals surface area contributed by atoms with Gasteiger partial charge >= 0.3 is 0 Å². The number of piperazine rings is 1. The molecule has 3 aromatic rings. The molecule has 0 spiro atoms. The molecule has 0 radical (unpaired) electrons. The highest BCUT2D eigenvalue weighted by atomic mass is 35.5. The zero-order valence-corrected chi connectivity index (χ0v) is 16.5. The maximum atomic E-state index is 12.8. The highest BCUT2D eigenvalue weighted by Gasteiger charge is 2.21. The second kappa shape index (κ2) is 8.09. The zero-order chi connectivity index (χ0) is 19.5. The standard InChI is InChI=1S/C22H22ClN3O2/c1-25-11-13-26(14-12-25)19-8-3-2-7-18(19)24-22(27)21-10-9-20(28-21)16-5-4-6-17(23)15-16/h2-10,15H,11-14H2,1H3,(H,24,27)/p+1. The number of benzene rings is 2. The third kappa shape index (κ3) is 4.06. The van der Waals surface area contributed by atoms with E-state index in [1.54, 1.807) is 18.2 Å². The largest absolute Gasteiger partial charge is 0.451 e. The van der Waals surface area contributed by atoms with Crippen molar-refractivity contribution < 1.29 is 14.1 Å². The number of anilines is 2. The first kappa shape index (κ1) is 18.6. The van der Waals surface area contributed by atoms with Crippen molar-refractivity contribution in [2.24, 2.45) is 0 Å². The summed E-state index contributed by atoms with van der Waals surface area (Å²) in [7, 11) is 2.21. The Morgan fingerprint density at radius 2 is 1.86 bits per heavy atom. The van der Waals surface area contributed by atoms with E-state index in [-0.39, 0.29) is 11.7 Å². The van der Waals surface area contributed by atoms with Gasteiger partial charge in [0.05, 0.1) is 44.6 Å². The average molecular weight is 397 g/mol. The highest BCUT2D eigenvalue weighted by Crippen LogP contribution is 2.28. The molecule has 1 aliphatic heterocycles. The first-order chi connectivity index (χ1) is 13.6. The number of furan rings is 1. The SMILES string of the molecule is C[NH+]1CCN(c2ccccc2NC(=O)c2ccc(-c3cccc(Cl)c3)o2)CC1. The average Bonchev–Trinajstić information content (AvgIpc) is 3.20. The van der Waals surface area contributed by atoms with Crippen LogP contribution in [0.4, 0.5) is 11.4 Å². The molecule has 28 heavy (non-hydrogen) atoms. The van der Waals surface area contributed by atoms with Crippen molar-refractivity contribution in [2.45, 2.75) is 0 Å². The van der Waals surface area contributed by atoms with Gasteiger partial charge in [-0.25, -0.2) is 0 Å². The molecule has 1 fully saturated rings. The van der Waals surface area contributed by atoms with Crippen LogP contribution in [0.25, 0.3) is 11.3 Å². The number of halogens is 1. The van der Waals surface area contributed by atoms with Gasteiger partial charge in [-0.2, -0.15) is 0 Å². The number of para-hydroxylation sites is 2. The molecule has 4 rings (SSSR count). The normalized spacial score (nSPS) is 14.9. The van der Waals surface area contributed by atoms with E-state index < -0.39 is 0 Å². The maximum Gasteiger partial charge on any atom is 0.291 e. The van der Waals surface area contributed by atoms with Crippen molar-refractivity contribution in [2.75, 3.05) is 43.4 Å². The second-order valence-electron chi connectivity index (χ2n) is 7.09. The highest BCUT2D eigenvalue weighted by molar-refractivity contribution is 6.30. The summed E-state index contributed by atoms with van der Waals surface area (Å²) in [5.74, 6) is 0.621. The molecule has 0 aliphatic carbocycles. The molecule has 1 aromatic heterocycles. The zero-order valence-electron chi connectivity index (χ0n) is 15.7. The van der Waals surface area contributed by atoms with E-state index in [0.29, 0.717) is 10.8 Å². The Hall–Kier alpha value is -2.76. The minimum absolute atomic E-state index is 0.263. The molecule has 5 nitrogen and oxygen atoms in total. The van der Waals surface area contributed by atoms with E-state index in [1.165, 1.54) is 4.90 Å². The topological polar surface area (TPSA) is 49.9 Å². The molecule has 2 N–H and O–H groups in total. The Bertz CT molecular complexity index is 977. The van der Waals surface area contributed by atoms with Crippen LogP contribution < -0.4 is 15.1 Å². The Balaban J connectivity index is 1.52. The number of carbonyl (C=O) groups is 1. The van der Waals surface area contributed by atoms with Crippen LogP contribution in [0.1, 0.15) is 10.6 Å². The molecular weight excluding hydrogens is 374 g/mol. The summed E-state index contributed by atoms with van der Waals surface area (Å²) in [5, 5.41) is 3.63. The van der Waals surface area contributed by atoms with Crippen molar-refractivity contribution in [1.82, 2.24) is 0 Å². The number of hydrogen-bond acceptors (Lipinski definition) is 3. The van der Waals surface area contributed by atoms with E-state index in [0.717, 1.165) is 43.1 Å². The van der Waals surface area contributed by atoms with Crippen LogP contribution in [0.3, 0.4) is 0 Å². The smallest absolute Gasteiger partial charge is 0.291 e. The number of carbonyl (C=O) groups excluding carboxylic acids is 1. The van der Waals surface area contributed by atoms with Gasteiger partial charge in [-0.15, -0.1) is 0 Å². The molecule has 6 heteroatoms. The Labute approximate surface area is 169 Å². The molecule has 144 valence electrons. The molecule has 0 bridgehead atoms. The summed E-state index contributed by atoms with van der Waals surface area (Å²) >= 11 is 6.04. The molecule has 0 unspecified atom stereocenters. The van der Waals surface area contributed by atoms with Crippen molar-refractivity contribution in [3.05, 3.63) is 71.4 Å². The third-order valence-electron chi connectivity index (χ3n) is 5.05. The van der Waals surface area contributed by atoms with Crippen molar-refractivity contribution in [1.29, 1.82) is 0 Å². The number of quaternary nitrogens is 1. The van der Waals surface area contributed by atoms with Crippen LogP contribution in [0.15, 0.2) is 65.1 Å². The third-order valence-corrected chi connectivity index (χ3v) is 5.28. The fourth-order valence-corrected chi connectivity index (χ4v) is 3.62. The summed E-state index contributed by atoms with van der Waals surface area (Å²) in [6, 6.07) is 18.8. The number of rotatable bonds is 4. The maximum absolute atomic E-state index is 12.8. The number of nitrogens with zero attached hydrogens (tertiary/aromatic N) is 1. The number of nitrogens with one attached hydrogen (secondary N) is 2. The fourth-order valence-electron chi connectivity index (χ4n) is 3.43. The van der Waals surface area contributed by atoms with Crippen LogP contribution in [0, 0.1) is 0 Å². The van der Waals surface area contributed by atoms with Crippen LogP contribution in [0.2, 0.25) is 5.02 Å². The van der Waals surface area contributed by atoms with Crippen LogP contribution in [-0.2, 0) is 0 Å². The lowest BCUT2D eigenvalue weighted by molar-refractivity contribution is -0.880. The lowest BCUT2D eigenvalue weighted by atomic mass is 10.2. The molecule has 2 heterocycles. The van der Waals surface area contributed by atoms with Gasteiger partial charge in [0.1, 0.15) is 5.76 Å². The van der Waals surface area contributed by atoms with Gasteiger partial charge in [0.2, 0.25) is 0 Å². The minimum atomic E-state index is -0.263. The van der Waals surface area contributed by atoms with E-state index in [9.17, 15) is 4.79 Å². The summed E-state index contributed by atoms with van der Waals surface area (Å²) in [4.78, 5) is 16.6. The Morgan fingerprint density at radius 3 is 2.64 bits per heavy atom. The monoisotopic (exact) mass is 396 g/mol. The minimum Gasteiger partial charge on any atom is -0.451 e. The number of likely N-dealkylation sites (N-methyl/N-ethyl adjacent to an activating group) is 1. The van der Waals surface area contributed by atoms with Crippen molar-refractivity contribution in [3.63, 3.8) is 0 Å². The second-order valence-corrected chi connectivity index (χ2v) is 7.53. The molecular formula is C22H23ClN3O2+. The van der Waals surface area contributed by atoms with E-state index in [2.05, 4.69) is 23.3 Å². The van der Waals surface area contributed by atoms with Gasteiger partial charge in [0, 0.05) is 10.6 Å². The van der Waals surface area contributed by atoms with Gasteiger partial charge < -0.3 is 19.5 Å². The molecule has 1 amide bonds. The lowest BCUT2D eigenvalue weighted by Crippen LogP contribution is -3.12. The van der Waals surface area contributed by atoms with E-state index in [4.69, 9.17) is 16.0 Å². The molecule has 0 saturated carbocycles. The molecule has 0 atom stereocenters. The summed E-state index contributed by atoms with van der Waals surface area (Å²) in [6.45, 7) is 4.11. The van der Waals surface area contributed by atoms with Gasteiger partial charge in [0.15, 0.2) is 5.76 Å². The van der Waals surface area contributed by atoms with E-state index in [1.807, 2.05) is 36.4 Å². The van der Waals surface area contributed by atoms with Gasteiger partial charge in [-0.05, 0) is 36.4 Å². The van der Waals surface area contributed by atoms with Crippen LogP contribution in [0.5, 0.6) is 0 Å². The Kier molecular flexibility index (Phi) is 5.37. The van der Waals surface area contributed by atoms with Crippen molar-refractivity contribution >= 4 is 28.9 Å². The fraction of sp³-hybridized carbons (Fsp3) is 0.227. The predicted octanol–water partition coefficient (Wildman–Crippen LogP) is 3.19. The Morgan fingerprint density at radius 1 is 1.07 bits per heavy atom. The van der Waals surface area contributed by atoms with Crippen LogP contribution in [-0.4, -0.2) is 39.1 Å². The van der Waals surface area contributed by atoms with E-state index >= 15 is 0 Å². The molecule has 1 saturated heterocycles. The number of amides is 1. The first-order valence-corrected chi connectivity index (χ1v) is 9.80. The van der Waals surface area contributed by atoms with Gasteiger partial charge in [0.25, 0.3) is 5.91 Å². The first-order valence-electron chi connectivity index (χ1n) is 9.42. The lowest BCUT2D eigenvalue weighted by Gasteiger charge is -2.32. The molecule has 2 aromatic carbocycles. The summed E-state index contributed by atoms with van der Waals surface area (Å²) in [6.07, 6.45) is 0. The van der Waals surface area contributed by atoms with Crippen molar-refractivity contribution in [3.8, 4) is 11.3 Å². The quantitative estimate of drug-likeness (QED) is 0.712. The van der Waals surface area contributed by atoms with Crippen LogP contribution >= 0.6 is 11.6 Å². The summed E-state index contributed by atoms with van der Waals surface area (Å²) in [5.41, 5.74) is 2.68. The van der Waals surface area contributed by atoms with Gasteiger partial charge in [-0.1, -0.05) is 35.9 Å². The summed E-state index contributed by atoms with van der Waals surface area (Å²) < 4.78 is 5.77.